The van der Waals surface area contributed by atoms with E-state index in [1.807, 2.05) is 6.07 Å². The van der Waals surface area contributed by atoms with E-state index in [2.05, 4.69) is 5.32 Å². The van der Waals surface area contributed by atoms with Gasteiger partial charge in [-0.3, -0.25) is 4.79 Å². The van der Waals surface area contributed by atoms with Crippen molar-refractivity contribution < 1.29 is 19.4 Å². The lowest BCUT2D eigenvalue weighted by molar-refractivity contribution is -0.255. The number of carboxylic acids is 1. The lowest BCUT2D eigenvalue weighted by Crippen LogP contribution is -2.22. The minimum absolute atomic E-state index is 0.00211. The second-order valence-corrected chi connectivity index (χ2v) is 4.76. The van der Waals surface area contributed by atoms with E-state index in [-0.39, 0.29) is 11.1 Å². The highest BCUT2D eigenvalue weighted by atomic mass is 16.5. The third-order valence-electron chi connectivity index (χ3n) is 3.17. The zero-order chi connectivity index (χ0) is 17.5. The van der Waals surface area contributed by atoms with E-state index in [0.29, 0.717) is 17.0 Å². The molecule has 120 valence electrons. The van der Waals surface area contributed by atoms with Crippen molar-refractivity contribution in [1.82, 2.24) is 0 Å². The van der Waals surface area contributed by atoms with Gasteiger partial charge in [0.1, 0.15) is 17.4 Å². The second kappa shape index (κ2) is 7.61. The average molecular weight is 321 g/mol. The van der Waals surface area contributed by atoms with Gasteiger partial charge in [-0.2, -0.15) is 5.26 Å². The Kier molecular flexibility index (Phi) is 5.32. The summed E-state index contributed by atoms with van der Waals surface area (Å²) in [6, 6.07) is 14.2. The molecule has 2 rings (SSSR count). The third-order valence-corrected chi connectivity index (χ3v) is 3.17. The fraction of sp³-hybridized carbons (Fsp3) is 0.0556. The number of amides is 1. The van der Waals surface area contributed by atoms with Crippen LogP contribution in [-0.2, 0) is 4.79 Å². The van der Waals surface area contributed by atoms with Gasteiger partial charge in [0.15, 0.2) is 0 Å². The first-order chi connectivity index (χ1) is 11.5. The van der Waals surface area contributed by atoms with Crippen molar-refractivity contribution in [2.75, 3.05) is 12.4 Å². The van der Waals surface area contributed by atoms with Crippen molar-refractivity contribution in [2.24, 2.45) is 0 Å². The molecule has 0 unspecified atom stereocenters. The molecule has 1 N–H and O–H groups in total. The maximum atomic E-state index is 12.1. The summed E-state index contributed by atoms with van der Waals surface area (Å²) in [7, 11) is 1.55. The van der Waals surface area contributed by atoms with Crippen LogP contribution in [0.25, 0.3) is 6.08 Å². The molecule has 0 aromatic heterocycles. The number of aromatic carboxylic acids is 1. The number of anilines is 1. The normalized spacial score (nSPS) is 10.6. The van der Waals surface area contributed by atoms with E-state index in [9.17, 15) is 14.7 Å². The number of hydrogen-bond donors (Lipinski definition) is 1. The summed E-state index contributed by atoms with van der Waals surface area (Å²) in [5.74, 6) is -1.22. The number of benzene rings is 2. The first-order valence-electron chi connectivity index (χ1n) is 6.92. The molecule has 0 aliphatic heterocycles. The van der Waals surface area contributed by atoms with Crippen molar-refractivity contribution in [3.63, 3.8) is 0 Å². The highest BCUT2D eigenvalue weighted by molar-refractivity contribution is 6.09. The summed E-state index contributed by atoms with van der Waals surface area (Å²) < 4.78 is 5.04. The molecule has 1 amide bonds. The maximum Gasteiger partial charge on any atom is 0.266 e. The van der Waals surface area contributed by atoms with Crippen molar-refractivity contribution in [2.45, 2.75) is 0 Å². The molecule has 0 saturated carbocycles. The Morgan fingerprint density at radius 1 is 1.12 bits per heavy atom. The van der Waals surface area contributed by atoms with Gasteiger partial charge in [-0.15, -0.1) is 0 Å². The number of carbonyl (C=O) groups excluding carboxylic acids is 2. The van der Waals surface area contributed by atoms with E-state index in [1.165, 1.54) is 30.3 Å². The van der Waals surface area contributed by atoms with Crippen molar-refractivity contribution in [3.8, 4) is 11.8 Å². The van der Waals surface area contributed by atoms with Crippen LogP contribution in [0.1, 0.15) is 15.9 Å². The summed E-state index contributed by atoms with van der Waals surface area (Å²) >= 11 is 0. The van der Waals surface area contributed by atoms with Gasteiger partial charge < -0.3 is 20.0 Å². The van der Waals surface area contributed by atoms with Gasteiger partial charge in [0.05, 0.1) is 13.1 Å². The number of nitriles is 1. The Hall–Kier alpha value is -3.59. The number of rotatable bonds is 5. The Bertz CT molecular complexity index is 816. The first kappa shape index (κ1) is 16.8. The lowest BCUT2D eigenvalue weighted by atomic mass is 10.1. The van der Waals surface area contributed by atoms with E-state index in [1.54, 1.807) is 31.4 Å². The highest BCUT2D eigenvalue weighted by Gasteiger charge is 2.09. The van der Waals surface area contributed by atoms with Crippen LogP contribution in [0.5, 0.6) is 5.75 Å². The van der Waals surface area contributed by atoms with Gasteiger partial charge in [0, 0.05) is 5.69 Å². The van der Waals surface area contributed by atoms with Gasteiger partial charge in [-0.25, -0.2) is 0 Å². The van der Waals surface area contributed by atoms with Crippen LogP contribution in [0.2, 0.25) is 0 Å². The minimum atomic E-state index is -1.30. The number of nitrogens with zero attached hydrogens (tertiary/aromatic N) is 1. The van der Waals surface area contributed by atoms with Crippen LogP contribution in [0.4, 0.5) is 5.69 Å². The SMILES string of the molecule is COc1ccc(C=C(C#N)C(=O)Nc2ccc(C(=O)[O-])cc2)cc1. The molecular formula is C18H13N2O4-. The summed E-state index contributed by atoms with van der Waals surface area (Å²) in [6.45, 7) is 0. The molecule has 0 aliphatic rings. The molecule has 6 heteroatoms. The quantitative estimate of drug-likeness (QED) is 0.665. The number of carboxylic acid groups (broad SMARTS) is 1. The zero-order valence-corrected chi connectivity index (χ0v) is 12.8. The molecule has 2 aromatic rings. The molecule has 24 heavy (non-hydrogen) atoms. The number of nitrogens with one attached hydrogen (secondary N) is 1. The number of ether oxygens (including phenoxy) is 1. The average Bonchev–Trinajstić information content (AvgIpc) is 2.60. The van der Waals surface area contributed by atoms with E-state index in [4.69, 9.17) is 10.00 Å². The summed E-state index contributed by atoms with van der Waals surface area (Å²) in [5, 5.41) is 22.4. The molecule has 0 spiro atoms. The second-order valence-electron chi connectivity index (χ2n) is 4.76. The molecule has 2 aromatic carbocycles. The minimum Gasteiger partial charge on any atom is -0.545 e. The Morgan fingerprint density at radius 3 is 2.25 bits per heavy atom. The lowest BCUT2D eigenvalue weighted by Gasteiger charge is -2.06. The molecule has 0 bridgehead atoms. The van der Waals surface area contributed by atoms with Crippen LogP contribution in [0.3, 0.4) is 0 Å². The van der Waals surface area contributed by atoms with Crippen LogP contribution in [-0.4, -0.2) is 19.0 Å². The maximum absolute atomic E-state index is 12.1. The standard InChI is InChI=1S/C18H14N2O4/c1-24-16-8-2-12(3-9-16)10-14(11-19)17(21)20-15-6-4-13(5-7-15)18(22)23/h2-10H,1H3,(H,20,21)(H,22,23)/p-1. The van der Waals surface area contributed by atoms with Crippen LogP contribution >= 0.6 is 0 Å². The monoisotopic (exact) mass is 321 g/mol. The number of hydrogen-bond acceptors (Lipinski definition) is 5. The van der Waals surface area contributed by atoms with Gasteiger partial charge >= 0.3 is 0 Å². The predicted octanol–water partition coefficient (Wildman–Crippen LogP) is 1.60. The third kappa shape index (κ3) is 4.21. The Morgan fingerprint density at radius 2 is 1.75 bits per heavy atom. The van der Waals surface area contributed by atoms with E-state index >= 15 is 0 Å². The molecule has 0 fully saturated rings. The van der Waals surface area contributed by atoms with Crippen LogP contribution in [0, 0.1) is 11.3 Å². The van der Waals surface area contributed by atoms with E-state index < -0.39 is 11.9 Å². The predicted molar refractivity (Wildman–Crippen MR) is 86.0 cm³/mol. The summed E-state index contributed by atoms with van der Waals surface area (Å²) in [4.78, 5) is 22.8. The molecule has 0 aliphatic carbocycles. The van der Waals surface area contributed by atoms with Gasteiger partial charge in [-0.05, 0) is 41.5 Å². The topological polar surface area (TPSA) is 102 Å². The van der Waals surface area contributed by atoms with Crippen molar-refractivity contribution in [1.29, 1.82) is 5.26 Å². The first-order valence-corrected chi connectivity index (χ1v) is 6.92. The van der Waals surface area contributed by atoms with Crippen LogP contribution < -0.4 is 15.2 Å². The number of carbonyl (C=O) groups is 2. The van der Waals surface area contributed by atoms with Gasteiger partial charge in [-0.1, -0.05) is 24.3 Å². The summed E-state index contributed by atoms with van der Waals surface area (Å²) in [5.41, 5.74) is 0.974. The van der Waals surface area contributed by atoms with Crippen LogP contribution in [0.15, 0.2) is 54.1 Å². The smallest absolute Gasteiger partial charge is 0.266 e. The van der Waals surface area contributed by atoms with Gasteiger partial charge in [0.25, 0.3) is 5.91 Å². The molecule has 0 saturated heterocycles. The fourth-order valence-electron chi connectivity index (χ4n) is 1.90. The molecule has 0 atom stereocenters. The molecule has 6 nitrogen and oxygen atoms in total. The fourth-order valence-corrected chi connectivity index (χ4v) is 1.90. The highest BCUT2D eigenvalue weighted by Crippen LogP contribution is 2.15. The molecule has 0 radical (unpaired) electrons. The zero-order valence-electron chi connectivity index (χ0n) is 12.8. The number of methoxy groups -OCH3 is 1. The Balaban J connectivity index is 2.14. The Labute approximate surface area is 138 Å². The largest absolute Gasteiger partial charge is 0.545 e. The van der Waals surface area contributed by atoms with E-state index in [0.717, 1.165) is 0 Å². The molecule has 0 heterocycles. The van der Waals surface area contributed by atoms with Crippen molar-refractivity contribution in [3.05, 3.63) is 65.2 Å². The van der Waals surface area contributed by atoms with Crippen molar-refractivity contribution >= 4 is 23.6 Å². The summed E-state index contributed by atoms with van der Waals surface area (Å²) in [6.07, 6.45) is 1.45. The van der Waals surface area contributed by atoms with Gasteiger partial charge in [0.2, 0.25) is 0 Å². The molecular weight excluding hydrogens is 308 g/mol.